The lowest BCUT2D eigenvalue weighted by atomic mass is 10.4. The molecule has 0 atom stereocenters. The monoisotopic (exact) mass is 350 g/mol. The zero-order valence-electron chi connectivity index (χ0n) is 12.3. The Hall–Kier alpha value is -1.71. The van der Waals surface area contributed by atoms with Crippen LogP contribution >= 0.6 is 11.8 Å². The first-order chi connectivity index (χ1) is 10.9. The molecular weight excluding hydrogens is 333 g/mol. The first-order valence-electron chi connectivity index (χ1n) is 7.05. The molecule has 0 bridgehead atoms. The molecule has 1 heterocycles. The largest absolute Gasteiger partial charge is 0.440 e. The van der Waals surface area contributed by atoms with Crippen LogP contribution in [-0.4, -0.2) is 45.9 Å². The van der Waals surface area contributed by atoms with E-state index in [-0.39, 0.29) is 6.54 Å². The lowest BCUT2D eigenvalue weighted by Crippen LogP contribution is -2.30. The van der Waals surface area contributed by atoms with Crippen molar-refractivity contribution in [2.45, 2.75) is 36.6 Å². The molecule has 0 unspecified atom stereocenters. The standard InChI is InChI=1S/C13H17F3N4O2S/c1-2-6-20-10(9-3-4-9)18-19-11(20)23-7-5-17-12(21)22-8-13(14,15)16/h2,9H,1,3-8H2,(H,17,21). The number of halogens is 3. The van der Waals surface area contributed by atoms with Crippen LogP contribution < -0.4 is 5.32 Å². The maximum atomic E-state index is 11.9. The second-order valence-corrected chi connectivity index (χ2v) is 6.04. The molecule has 2 rings (SSSR count). The summed E-state index contributed by atoms with van der Waals surface area (Å²) in [6.45, 7) is 2.88. The Morgan fingerprint density at radius 2 is 2.22 bits per heavy atom. The van der Waals surface area contributed by atoms with E-state index >= 15 is 0 Å². The van der Waals surface area contributed by atoms with Gasteiger partial charge in [-0.05, 0) is 12.8 Å². The molecule has 1 aliphatic carbocycles. The minimum atomic E-state index is -4.52. The summed E-state index contributed by atoms with van der Waals surface area (Å²) in [4.78, 5) is 11.1. The predicted octanol–water partition coefficient (Wildman–Crippen LogP) is 2.72. The summed E-state index contributed by atoms with van der Waals surface area (Å²) in [6.07, 6.45) is -1.65. The minimum absolute atomic E-state index is 0.168. The number of aromatic nitrogens is 3. The average molecular weight is 350 g/mol. The third-order valence-corrected chi connectivity index (χ3v) is 3.94. The number of nitrogens with zero attached hydrogens (tertiary/aromatic N) is 3. The Balaban J connectivity index is 1.74. The molecule has 1 amide bonds. The smallest absolute Gasteiger partial charge is 0.422 e. The highest BCUT2D eigenvalue weighted by atomic mass is 32.2. The summed E-state index contributed by atoms with van der Waals surface area (Å²) < 4.78 is 41.6. The van der Waals surface area contributed by atoms with Crippen LogP contribution in [0.1, 0.15) is 24.6 Å². The molecule has 1 aliphatic rings. The number of rotatable bonds is 8. The van der Waals surface area contributed by atoms with Crippen molar-refractivity contribution in [3.8, 4) is 0 Å². The van der Waals surface area contributed by atoms with Gasteiger partial charge in [0.25, 0.3) is 0 Å². The van der Waals surface area contributed by atoms with Crippen molar-refractivity contribution >= 4 is 17.9 Å². The van der Waals surface area contributed by atoms with E-state index in [9.17, 15) is 18.0 Å². The van der Waals surface area contributed by atoms with E-state index < -0.39 is 18.9 Å². The maximum absolute atomic E-state index is 11.9. The number of carbonyl (C=O) groups excluding carboxylic acids is 1. The van der Waals surface area contributed by atoms with Crippen LogP contribution in [0.15, 0.2) is 17.8 Å². The van der Waals surface area contributed by atoms with Gasteiger partial charge in [0.1, 0.15) is 5.82 Å². The van der Waals surface area contributed by atoms with Crippen molar-refractivity contribution in [1.29, 1.82) is 0 Å². The molecule has 1 aromatic rings. The van der Waals surface area contributed by atoms with Gasteiger partial charge in [0.2, 0.25) is 0 Å². The van der Waals surface area contributed by atoms with Gasteiger partial charge < -0.3 is 14.6 Å². The van der Waals surface area contributed by atoms with Gasteiger partial charge in [0.15, 0.2) is 11.8 Å². The summed E-state index contributed by atoms with van der Waals surface area (Å²) in [5.74, 6) is 1.83. The van der Waals surface area contributed by atoms with E-state index in [4.69, 9.17) is 0 Å². The molecular formula is C13H17F3N4O2S. The highest BCUT2D eigenvalue weighted by molar-refractivity contribution is 7.99. The van der Waals surface area contributed by atoms with Crippen molar-refractivity contribution < 1.29 is 22.7 Å². The number of carbonyl (C=O) groups is 1. The fourth-order valence-electron chi connectivity index (χ4n) is 1.84. The Kier molecular flexibility index (Phi) is 5.91. The van der Waals surface area contributed by atoms with Gasteiger partial charge >= 0.3 is 12.3 Å². The van der Waals surface area contributed by atoms with Gasteiger partial charge in [-0.15, -0.1) is 16.8 Å². The molecule has 23 heavy (non-hydrogen) atoms. The Bertz CT molecular complexity index is 558. The number of alkyl carbamates (subject to hydrolysis) is 1. The van der Waals surface area contributed by atoms with Crippen LogP contribution in [0.5, 0.6) is 0 Å². The van der Waals surface area contributed by atoms with Crippen LogP contribution in [0.3, 0.4) is 0 Å². The summed E-state index contributed by atoms with van der Waals surface area (Å²) in [6, 6.07) is 0. The fraction of sp³-hybridized carbons (Fsp3) is 0.615. The number of allylic oxidation sites excluding steroid dienone is 1. The molecule has 0 spiro atoms. The maximum Gasteiger partial charge on any atom is 0.422 e. The number of ether oxygens (including phenoxy) is 1. The molecule has 128 valence electrons. The van der Waals surface area contributed by atoms with E-state index in [0.717, 1.165) is 18.7 Å². The van der Waals surface area contributed by atoms with E-state index in [1.807, 2.05) is 4.57 Å². The highest BCUT2D eigenvalue weighted by Gasteiger charge is 2.30. The molecule has 0 aromatic carbocycles. The second-order valence-electron chi connectivity index (χ2n) is 4.98. The first-order valence-corrected chi connectivity index (χ1v) is 8.03. The Morgan fingerprint density at radius 1 is 1.48 bits per heavy atom. The molecule has 0 saturated heterocycles. The van der Waals surface area contributed by atoms with E-state index in [1.54, 1.807) is 6.08 Å². The van der Waals surface area contributed by atoms with Crippen LogP contribution in [0.4, 0.5) is 18.0 Å². The van der Waals surface area contributed by atoms with Crippen LogP contribution in [-0.2, 0) is 11.3 Å². The minimum Gasteiger partial charge on any atom is -0.440 e. The lowest BCUT2D eigenvalue weighted by Gasteiger charge is -2.09. The van der Waals surface area contributed by atoms with Crippen LogP contribution in [0, 0.1) is 0 Å². The third-order valence-electron chi connectivity index (χ3n) is 2.97. The van der Waals surface area contributed by atoms with E-state index in [2.05, 4.69) is 26.8 Å². The topological polar surface area (TPSA) is 69.0 Å². The number of thioether (sulfide) groups is 1. The third kappa shape index (κ3) is 5.77. The number of hydrogen-bond acceptors (Lipinski definition) is 5. The number of nitrogens with one attached hydrogen (secondary N) is 1. The molecule has 1 saturated carbocycles. The van der Waals surface area contributed by atoms with E-state index in [1.165, 1.54) is 11.8 Å². The zero-order valence-corrected chi connectivity index (χ0v) is 13.1. The average Bonchev–Trinajstić information content (AvgIpc) is 3.24. The lowest BCUT2D eigenvalue weighted by molar-refractivity contribution is -0.160. The van der Waals surface area contributed by atoms with Crippen molar-refractivity contribution in [2.24, 2.45) is 0 Å². The van der Waals surface area contributed by atoms with Gasteiger partial charge in [-0.2, -0.15) is 13.2 Å². The Labute approximate surface area is 135 Å². The molecule has 6 nitrogen and oxygen atoms in total. The zero-order chi connectivity index (χ0) is 16.9. The first kappa shape index (κ1) is 17.6. The van der Waals surface area contributed by atoms with Crippen molar-refractivity contribution in [3.63, 3.8) is 0 Å². The Morgan fingerprint density at radius 3 is 2.83 bits per heavy atom. The molecule has 0 radical (unpaired) electrons. The van der Waals surface area contributed by atoms with E-state index in [0.29, 0.717) is 23.4 Å². The summed E-state index contributed by atoms with van der Waals surface area (Å²) in [5.41, 5.74) is 0. The molecule has 10 heteroatoms. The van der Waals surface area contributed by atoms with Crippen molar-refractivity contribution in [1.82, 2.24) is 20.1 Å². The quantitative estimate of drug-likeness (QED) is 0.443. The van der Waals surface area contributed by atoms with Crippen molar-refractivity contribution in [2.75, 3.05) is 18.9 Å². The normalized spacial score (nSPS) is 14.6. The second kappa shape index (κ2) is 7.71. The van der Waals surface area contributed by atoms with Gasteiger partial charge in [-0.25, -0.2) is 4.79 Å². The fourth-order valence-corrected chi connectivity index (χ4v) is 2.65. The molecule has 1 N–H and O–H groups in total. The summed E-state index contributed by atoms with van der Waals surface area (Å²) >= 11 is 1.37. The van der Waals surface area contributed by atoms with Gasteiger partial charge in [0, 0.05) is 24.8 Å². The predicted molar refractivity (Wildman–Crippen MR) is 78.3 cm³/mol. The molecule has 1 fully saturated rings. The van der Waals surface area contributed by atoms with Crippen LogP contribution in [0.25, 0.3) is 0 Å². The summed E-state index contributed by atoms with van der Waals surface area (Å²) in [7, 11) is 0. The number of alkyl halides is 3. The number of hydrogen-bond donors (Lipinski definition) is 1. The van der Waals surface area contributed by atoms with Gasteiger partial charge in [-0.3, -0.25) is 0 Å². The highest BCUT2D eigenvalue weighted by Crippen LogP contribution is 2.39. The molecule has 1 aromatic heterocycles. The van der Waals surface area contributed by atoms with Crippen LogP contribution in [0.2, 0.25) is 0 Å². The van der Waals surface area contributed by atoms with Gasteiger partial charge in [-0.1, -0.05) is 17.8 Å². The van der Waals surface area contributed by atoms with Gasteiger partial charge in [0.05, 0.1) is 0 Å². The summed E-state index contributed by atoms with van der Waals surface area (Å²) in [5, 5.41) is 11.3. The number of amides is 1. The molecule has 0 aliphatic heterocycles. The van der Waals surface area contributed by atoms with Crippen molar-refractivity contribution in [3.05, 3.63) is 18.5 Å². The SMILES string of the molecule is C=CCn1c(SCCNC(=O)OCC(F)(F)F)nnc1C1CC1.